The van der Waals surface area contributed by atoms with Crippen molar-refractivity contribution < 1.29 is 22.7 Å². The molecule has 1 aromatic heterocycles. The van der Waals surface area contributed by atoms with E-state index in [1.807, 2.05) is 0 Å². The molecule has 1 fully saturated rings. The highest BCUT2D eigenvalue weighted by molar-refractivity contribution is 7.80. The first-order valence-electron chi connectivity index (χ1n) is 10.7. The summed E-state index contributed by atoms with van der Waals surface area (Å²) in [5, 5.41) is 5.31. The fourth-order valence-corrected chi connectivity index (χ4v) is 4.02. The van der Waals surface area contributed by atoms with Crippen molar-refractivity contribution in [2.45, 2.75) is 19.0 Å². The molecule has 1 amide bonds. The van der Waals surface area contributed by atoms with E-state index in [0.717, 1.165) is 38.1 Å². The smallest absolute Gasteiger partial charge is 0.417 e. The number of halogens is 4. The van der Waals surface area contributed by atoms with Crippen molar-refractivity contribution in [3.63, 3.8) is 0 Å². The topological polar surface area (TPSA) is 66.5 Å². The third kappa shape index (κ3) is 6.40. The normalized spacial score (nSPS) is 13.4. The van der Waals surface area contributed by atoms with Crippen LogP contribution < -0.4 is 15.4 Å². The maximum atomic E-state index is 13.1. The molecule has 0 spiro atoms. The number of alkyl halides is 3. The molecule has 4 rings (SSSR count). The Hall–Kier alpha value is -3.37. The Bertz CT molecular complexity index is 1250. The minimum atomic E-state index is -4.58. The lowest BCUT2D eigenvalue weighted by atomic mass is 10.2. The van der Waals surface area contributed by atoms with E-state index in [4.69, 9.17) is 28.6 Å². The van der Waals surface area contributed by atoms with Crippen LogP contribution in [-0.2, 0) is 6.18 Å². The van der Waals surface area contributed by atoms with E-state index in [-0.39, 0.29) is 16.7 Å². The third-order valence-corrected chi connectivity index (χ3v) is 5.73. The van der Waals surface area contributed by atoms with Crippen molar-refractivity contribution in [3.05, 3.63) is 77.1 Å². The lowest BCUT2D eigenvalue weighted by Crippen LogP contribution is -2.28. The molecule has 2 heterocycles. The van der Waals surface area contributed by atoms with Crippen LogP contribution in [0, 0.1) is 0 Å². The van der Waals surface area contributed by atoms with Gasteiger partial charge in [0, 0.05) is 42.8 Å². The summed E-state index contributed by atoms with van der Waals surface area (Å²) in [5.41, 5.74) is 0.0404. The molecule has 3 aromatic rings. The first kappa shape index (κ1) is 24.7. The maximum Gasteiger partial charge on any atom is 0.417 e. The molecule has 2 aromatic carbocycles. The van der Waals surface area contributed by atoms with Crippen LogP contribution in [0.25, 0.3) is 0 Å². The van der Waals surface area contributed by atoms with Gasteiger partial charge >= 0.3 is 6.18 Å². The molecular formula is C24H20ClF3N4O2S. The van der Waals surface area contributed by atoms with Gasteiger partial charge in [0.1, 0.15) is 17.2 Å². The number of carbonyl (C=O) groups excluding carboxylic acids is 1. The monoisotopic (exact) mass is 520 g/mol. The molecule has 11 heteroatoms. The standard InChI is InChI=1S/C24H20ClF3N4O2S/c25-20-7-6-16(13-19(20)24(26,27)28)31-23(35)30-15-4-3-5-17(12-15)34-18-8-9-29-21(14-18)22(33)32-10-1-2-11-32/h3-9,12-14H,1-2,10-11H2,(H2,30,31,35). The number of carbonyl (C=O) groups is 1. The summed E-state index contributed by atoms with van der Waals surface area (Å²) in [6, 6.07) is 13.5. The predicted octanol–water partition coefficient (Wildman–Crippen LogP) is 6.59. The van der Waals surface area contributed by atoms with Gasteiger partial charge in [0.05, 0.1) is 10.6 Å². The summed E-state index contributed by atoms with van der Waals surface area (Å²) in [6.07, 6.45) is -1.09. The molecule has 1 aliphatic heterocycles. The minimum absolute atomic E-state index is 0.0833. The van der Waals surface area contributed by atoms with Crippen molar-refractivity contribution in [3.8, 4) is 11.5 Å². The van der Waals surface area contributed by atoms with Gasteiger partial charge in [-0.25, -0.2) is 0 Å². The number of anilines is 2. The lowest BCUT2D eigenvalue weighted by Gasteiger charge is -2.15. The number of nitrogens with zero attached hydrogens (tertiary/aromatic N) is 2. The summed E-state index contributed by atoms with van der Waals surface area (Å²) < 4.78 is 45.1. The van der Waals surface area contributed by atoms with Gasteiger partial charge in [-0.3, -0.25) is 9.78 Å². The maximum absolute atomic E-state index is 13.1. The van der Waals surface area contributed by atoms with Gasteiger partial charge in [0.2, 0.25) is 0 Å². The number of likely N-dealkylation sites (tertiary alicyclic amines) is 1. The Labute approximate surface area is 210 Å². The third-order valence-electron chi connectivity index (χ3n) is 5.20. The Morgan fingerprint density at radius 3 is 2.40 bits per heavy atom. The van der Waals surface area contributed by atoms with Gasteiger partial charge in [-0.1, -0.05) is 17.7 Å². The number of pyridine rings is 1. The average molecular weight is 521 g/mol. The van der Waals surface area contributed by atoms with Crippen LogP contribution in [0.3, 0.4) is 0 Å². The Morgan fingerprint density at radius 2 is 1.69 bits per heavy atom. The van der Waals surface area contributed by atoms with E-state index in [2.05, 4.69) is 15.6 Å². The molecule has 6 nitrogen and oxygen atoms in total. The minimum Gasteiger partial charge on any atom is -0.457 e. The number of hydrogen-bond acceptors (Lipinski definition) is 4. The van der Waals surface area contributed by atoms with E-state index in [9.17, 15) is 18.0 Å². The first-order chi connectivity index (χ1) is 16.7. The van der Waals surface area contributed by atoms with Crippen molar-refractivity contribution in [1.82, 2.24) is 9.88 Å². The second-order valence-electron chi connectivity index (χ2n) is 7.78. The molecule has 0 aliphatic carbocycles. The fraction of sp³-hybridized carbons (Fsp3) is 0.208. The largest absolute Gasteiger partial charge is 0.457 e. The number of benzene rings is 2. The average Bonchev–Trinajstić information content (AvgIpc) is 3.34. The molecule has 182 valence electrons. The van der Waals surface area contributed by atoms with Gasteiger partial charge in [-0.15, -0.1) is 0 Å². The number of hydrogen-bond donors (Lipinski definition) is 2. The van der Waals surface area contributed by atoms with Gasteiger partial charge in [0.15, 0.2) is 5.11 Å². The molecule has 1 saturated heterocycles. The van der Waals surface area contributed by atoms with Gasteiger partial charge < -0.3 is 20.3 Å². The SMILES string of the molecule is O=C(c1cc(Oc2cccc(NC(=S)Nc3ccc(Cl)c(C(F)(F)F)c3)c2)ccn1)N1CCCC1. The molecule has 0 atom stereocenters. The van der Waals surface area contributed by atoms with E-state index in [1.54, 1.807) is 41.3 Å². The van der Waals surface area contributed by atoms with Crippen LogP contribution in [0.5, 0.6) is 11.5 Å². The molecule has 2 N–H and O–H groups in total. The zero-order chi connectivity index (χ0) is 25.0. The summed E-state index contributed by atoms with van der Waals surface area (Å²) >= 11 is 10.9. The number of aromatic nitrogens is 1. The summed E-state index contributed by atoms with van der Waals surface area (Å²) in [4.78, 5) is 18.5. The van der Waals surface area contributed by atoms with Crippen molar-refractivity contribution in [2.75, 3.05) is 23.7 Å². The highest BCUT2D eigenvalue weighted by Crippen LogP contribution is 2.36. The van der Waals surface area contributed by atoms with E-state index in [0.29, 0.717) is 22.9 Å². The number of thiocarbonyl (C=S) groups is 1. The van der Waals surface area contributed by atoms with Gasteiger partial charge in [-0.2, -0.15) is 13.2 Å². The molecular weight excluding hydrogens is 501 g/mol. The summed E-state index contributed by atoms with van der Waals surface area (Å²) in [5.74, 6) is 0.784. The van der Waals surface area contributed by atoms with Crippen LogP contribution in [0.15, 0.2) is 60.8 Å². The van der Waals surface area contributed by atoms with Crippen LogP contribution in [-0.4, -0.2) is 34.0 Å². The lowest BCUT2D eigenvalue weighted by molar-refractivity contribution is -0.137. The molecule has 0 unspecified atom stereocenters. The number of rotatable bonds is 5. The van der Waals surface area contributed by atoms with Crippen LogP contribution in [0.4, 0.5) is 24.5 Å². The molecule has 35 heavy (non-hydrogen) atoms. The predicted molar refractivity (Wildman–Crippen MR) is 132 cm³/mol. The first-order valence-corrected chi connectivity index (χ1v) is 11.5. The second kappa shape index (κ2) is 10.5. The molecule has 1 aliphatic rings. The quantitative estimate of drug-likeness (QED) is 0.370. The second-order valence-corrected chi connectivity index (χ2v) is 8.59. The Morgan fingerprint density at radius 1 is 1.00 bits per heavy atom. The highest BCUT2D eigenvalue weighted by atomic mass is 35.5. The summed E-state index contributed by atoms with van der Waals surface area (Å²) in [7, 11) is 0. The highest BCUT2D eigenvalue weighted by Gasteiger charge is 2.33. The number of nitrogens with one attached hydrogen (secondary N) is 2. The molecule has 0 saturated carbocycles. The van der Waals surface area contributed by atoms with Gasteiger partial charge in [-0.05, 0) is 61.5 Å². The number of ether oxygens (including phenoxy) is 1. The van der Waals surface area contributed by atoms with Crippen molar-refractivity contribution in [1.29, 1.82) is 0 Å². The van der Waals surface area contributed by atoms with E-state index in [1.165, 1.54) is 12.3 Å². The zero-order valence-corrected chi connectivity index (χ0v) is 19.8. The van der Waals surface area contributed by atoms with Crippen molar-refractivity contribution in [2.24, 2.45) is 0 Å². The summed E-state index contributed by atoms with van der Waals surface area (Å²) in [6.45, 7) is 1.45. The Kier molecular flexibility index (Phi) is 7.42. The zero-order valence-electron chi connectivity index (χ0n) is 18.2. The van der Waals surface area contributed by atoms with Crippen LogP contribution >= 0.6 is 23.8 Å². The van der Waals surface area contributed by atoms with E-state index < -0.39 is 16.8 Å². The van der Waals surface area contributed by atoms with E-state index >= 15 is 0 Å². The van der Waals surface area contributed by atoms with Crippen LogP contribution in [0.1, 0.15) is 28.9 Å². The van der Waals surface area contributed by atoms with Gasteiger partial charge in [0.25, 0.3) is 5.91 Å². The molecule has 0 radical (unpaired) electrons. The van der Waals surface area contributed by atoms with Crippen LogP contribution in [0.2, 0.25) is 5.02 Å². The van der Waals surface area contributed by atoms with Crippen molar-refractivity contribution >= 4 is 46.2 Å². The Balaban J connectivity index is 1.41. The fourth-order valence-electron chi connectivity index (χ4n) is 3.56. The molecule has 0 bridgehead atoms. The number of amides is 1.